The number of fused-ring (bicyclic) bond motifs is 2. The number of benzene rings is 1. The number of aromatic amines is 1. The van der Waals surface area contributed by atoms with Gasteiger partial charge in [-0.25, -0.2) is 4.98 Å². The summed E-state index contributed by atoms with van der Waals surface area (Å²) in [5.41, 5.74) is 3.43. The Bertz CT molecular complexity index is 1150. The van der Waals surface area contributed by atoms with Gasteiger partial charge in [0.15, 0.2) is 0 Å². The summed E-state index contributed by atoms with van der Waals surface area (Å²) < 4.78 is 1.65. The molecule has 4 rings (SSSR count). The van der Waals surface area contributed by atoms with Gasteiger partial charge in [0.1, 0.15) is 0 Å². The number of anilines is 1. The molecule has 1 aromatic carbocycles. The molecule has 1 atom stereocenters. The molecule has 1 aliphatic heterocycles. The minimum absolute atomic E-state index is 0.0605. The average molecular weight is 379 g/mol. The largest absolute Gasteiger partial charge is 0.356 e. The van der Waals surface area contributed by atoms with E-state index >= 15 is 0 Å². The third kappa shape index (κ3) is 2.87. The van der Waals surface area contributed by atoms with Crippen LogP contribution in [-0.4, -0.2) is 26.0 Å². The number of carbonyl (C=O) groups excluding carboxylic acids is 1. The van der Waals surface area contributed by atoms with E-state index in [0.717, 1.165) is 17.0 Å². The molecule has 0 bridgehead atoms. The van der Waals surface area contributed by atoms with Crippen molar-refractivity contribution in [2.24, 2.45) is 0 Å². The topological polar surface area (TPSA) is 91.8 Å². The fraction of sp³-hybridized carbons (Fsp3) is 0.381. The van der Waals surface area contributed by atoms with Gasteiger partial charge < -0.3 is 15.6 Å². The highest BCUT2D eigenvalue weighted by molar-refractivity contribution is 6.01. The van der Waals surface area contributed by atoms with Crippen molar-refractivity contribution < 1.29 is 4.79 Å². The molecule has 3 heterocycles. The van der Waals surface area contributed by atoms with Crippen LogP contribution < -0.4 is 16.2 Å². The number of carbonyl (C=O) groups is 1. The molecule has 0 fully saturated rings. The van der Waals surface area contributed by atoms with E-state index in [1.807, 2.05) is 52.8 Å². The zero-order valence-electron chi connectivity index (χ0n) is 16.8. The fourth-order valence-corrected chi connectivity index (χ4v) is 3.68. The van der Waals surface area contributed by atoms with Crippen LogP contribution in [-0.2, 0) is 6.54 Å². The van der Waals surface area contributed by atoms with Crippen molar-refractivity contribution in [2.45, 2.75) is 52.7 Å². The smallest absolute Gasteiger partial charge is 0.262 e. The van der Waals surface area contributed by atoms with Gasteiger partial charge in [-0.1, -0.05) is 12.1 Å². The van der Waals surface area contributed by atoms with E-state index in [4.69, 9.17) is 4.98 Å². The summed E-state index contributed by atoms with van der Waals surface area (Å²) in [5, 5.41) is 6.79. The Hall–Kier alpha value is -3.09. The Kier molecular flexibility index (Phi) is 4.06. The highest BCUT2D eigenvalue weighted by atomic mass is 16.2. The molecule has 0 radical (unpaired) electrons. The average Bonchev–Trinajstić information content (AvgIpc) is 3.15. The summed E-state index contributed by atoms with van der Waals surface area (Å²) in [6, 6.07) is 7.36. The summed E-state index contributed by atoms with van der Waals surface area (Å²) in [5.74, 6) is 0.465. The highest BCUT2D eigenvalue weighted by Gasteiger charge is 2.28. The normalized spacial score (nSPS) is 16.3. The summed E-state index contributed by atoms with van der Waals surface area (Å²) in [6.45, 7) is 10.5. The third-order valence-corrected chi connectivity index (χ3v) is 4.95. The molecule has 0 aliphatic carbocycles. The molecule has 2 aromatic heterocycles. The van der Waals surface area contributed by atoms with Gasteiger partial charge in [0.25, 0.3) is 11.5 Å². The van der Waals surface area contributed by atoms with Gasteiger partial charge >= 0.3 is 0 Å². The summed E-state index contributed by atoms with van der Waals surface area (Å²) in [7, 11) is 0. The molecule has 1 amide bonds. The van der Waals surface area contributed by atoms with Gasteiger partial charge in [-0.15, -0.1) is 0 Å². The number of hydrogen-bond donors (Lipinski definition) is 3. The van der Waals surface area contributed by atoms with E-state index in [0.29, 0.717) is 29.0 Å². The number of aromatic nitrogens is 3. The number of nitrogens with one attached hydrogen (secondary N) is 3. The van der Waals surface area contributed by atoms with Crippen LogP contribution in [0.1, 0.15) is 56.7 Å². The molecule has 28 heavy (non-hydrogen) atoms. The molecule has 3 aromatic rings. The SMILES string of the molecule is CCn1c(NC(C)(C)C)nc2c(-c3cc4c([nH]3)C(C)NC4=O)cccc2c1=O. The lowest BCUT2D eigenvalue weighted by atomic mass is 10.1. The molecule has 0 saturated heterocycles. The van der Waals surface area contributed by atoms with E-state index in [1.165, 1.54) is 0 Å². The van der Waals surface area contributed by atoms with Gasteiger partial charge in [-0.05, 0) is 46.8 Å². The van der Waals surface area contributed by atoms with Crippen molar-refractivity contribution in [3.8, 4) is 11.3 Å². The molecule has 1 unspecified atom stereocenters. The van der Waals surface area contributed by atoms with Gasteiger partial charge in [-0.2, -0.15) is 0 Å². The molecule has 0 spiro atoms. The Morgan fingerprint density at radius 1 is 1.21 bits per heavy atom. The number of nitrogens with zero attached hydrogens (tertiary/aromatic N) is 2. The van der Waals surface area contributed by atoms with E-state index in [2.05, 4.69) is 15.6 Å². The molecular weight excluding hydrogens is 354 g/mol. The Morgan fingerprint density at radius 2 is 1.96 bits per heavy atom. The summed E-state index contributed by atoms with van der Waals surface area (Å²) in [4.78, 5) is 33.4. The van der Waals surface area contributed by atoms with E-state index in [9.17, 15) is 9.59 Å². The Balaban J connectivity index is 1.96. The number of hydrogen-bond acceptors (Lipinski definition) is 4. The number of amides is 1. The van der Waals surface area contributed by atoms with E-state index in [-0.39, 0.29) is 23.0 Å². The minimum Gasteiger partial charge on any atom is -0.356 e. The summed E-state index contributed by atoms with van der Waals surface area (Å²) >= 11 is 0. The third-order valence-electron chi connectivity index (χ3n) is 4.95. The maximum atomic E-state index is 13.1. The van der Waals surface area contributed by atoms with Crippen LogP contribution >= 0.6 is 0 Å². The Morgan fingerprint density at radius 3 is 2.61 bits per heavy atom. The van der Waals surface area contributed by atoms with Crippen molar-refractivity contribution in [3.63, 3.8) is 0 Å². The van der Waals surface area contributed by atoms with Gasteiger partial charge in [0.2, 0.25) is 5.95 Å². The molecule has 7 heteroatoms. The van der Waals surface area contributed by atoms with E-state index < -0.39 is 0 Å². The first kappa shape index (κ1) is 18.3. The lowest BCUT2D eigenvalue weighted by molar-refractivity contribution is 0.0958. The van der Waals surface area contributed by atoms with Crippen LogP contribution in [0.5, 0.6) is 0 Å². The predicted octanol–water partition coefficient (Wildman–Crippen LogP) is 3.43. The molecule has 0 saturated carbocycles. The van der Waals surface area contributed by atoms with Crippen molar-refractivity contribution in [2.75, 3.05) is 5.32 Å². The zero-order chi connectivity index (χ0) is 20.2. The maximum Gasteiger partial charge on any atom is 0.262 e. The molecule has 7 nitrogen and oxygen atoms in total. The lowest BCUT2D eigenvalue weighted by Crippen LogP contribution is -2.33. The first-order valence-electron chi connectivity index (χ1n) is 9.55. The van der Waals surface area contributed by atoms with Crippen molar-refractivity contribution in [3.05, 3.63) is 45.9 Å². The van der Waals surface area contributed by atoms with Crippen LogP contribution in [0.25, 0.3) is 22.2 Å². The van der Waals surface area contributed by atoms with Crippen LogP contribution in [0.3, 0.4) is 0 Å². The fourth-order valence-electron chi connectivity index (χ4n) is 3.68. The van der Waals surface area contributed by atoms with E-state index in [1.54, 1.807) is 10.6 Å². The van der Waals surface area contributed by atoms with Crippen molar-refractivity contribution in [1.82, 2.24) is 19.9 Å². The number of H-pyrrole nitrogens is 1. The summed E-state index contributed by atoms with van der Waals surface area (Å²) in [6.07, 6.45) is 0. The zero-order valence-corrected chi connectivity index (χ0v) is 16.8. The predicted molar refractivity (Wildman–Crippen MR) is 111 cm³/mol. The van der Waals surface area contributed by atoms with Crippen molar-refractivity contribution in [1.29, 1.82) is 0 Å². The molecule has 146 valence electrons. The van der Waals surface area contributed by atoms with Crippen molar-refractivity contribution >= 4 is 22.8 Å². The van der Waals surface area contributed by atoms with Gasteiger partial charge in [0.05, 0.1) is 28.2 Å². The first-order valence-corrected chi connectivity index (χ1v) is 9.55. The van der Waals surface area contributed by atoms with Crippen LogP contribution in [0.15, 0.2) is 29.1 Å². The minimum atomic E-state index is -0.236. The molecule has 1 aliphatic rings. The highest BCUT2D eigenvalue weighted by Crippen LogP contribution is 2.32. The molecular formula is C21H25N5O2. The number of para-hydroxylation sites is 1. The van der Waals surface area contributed by atoms with Crippen LogP contribution in [0.2, 0.25) is 0 Å². The van der Waals surface area contributed by atoms with Crippen LogP contribution in [0, 0.1) is 0 Å². The second-order valence-electron chi connectivity index (χ2n) is 8.27. The quantitative estimate of drug-likeness (QED) is 0.650. The Labute approximate surface area is 163 Å². The lowest BCUT2D eigenvalue weighted by Gasteiger charge is -2.24. The molecule has 3 N–H and O–H groups in total. The maximum absolute atomic E-state index is 13.1. The van der Waals surface area contributed by atoms with Crippen LogP contribution in [0.4, 0.5) is 5.95 Å². The second-order valence-corrected chi connectivity index (χ2v) is 8.27. The van der Waals surface area contributed by atoms with Gasteiger partial charge in [0, 0.05) is 23.3 Å². The second kappa shape index (κ2) is 6.22. The van der Waals surface area contributed by atoms with Gasteiger partial charge in [-0.3, -0.25) is 14.2 Å². The monoisotopic (exact) mass is 379 g/mol. The number of rotatable bonds is 3. The first-order chi connectivity index (χ1) is 13.2. The standard InChI is InChI=1S/C21H25N5O2/c1-6-26-19(28)13-9-7-8-12(17(13)24-20(26)25-21(3,4)5)15-10-14-16(23-15)11(2)22-18(14)27/h7-11,23H,6H2,1-5H3,(H,22,27)(H,24,25).